The van der Waals surface area contributed by atoms with Crippen molar-refractivity contribution in [3.63, 3.8) is 0 Å². The van der Waals surface area contributed by atoms with Crippen LogP contribution in [0.15, 0.2) is 83.3 Å². The topological polar surface area (TPSA) is 84.5 Å². The van der Waals surface area contributed by atoms with Gasteiger partial charge < -0.3 is 15.4 Å². The van der Waals surface area contributed by atoms with Gasteiger partial charge in [-0.25, -0.2) is 0 Å². The van der Waals surface area contributed by atoms with Gasteiger partial charge in [-0.15, -0.1) is 0 Å². The van der Waals surface area contributed by atoms with Gasteiger partial charge in [-0.05, 0) is 60.2 Å². The van der Waals surface area contributed by atoms with Gasteiger partial charge in [-0.2, -0.15) is 0 Å². The van der Waals surface area contributed by atoms with Crippen LogP contribution in [0.5, 0.6) is 5.75 Å². The average Bonchev–Trinajstić information content (AvgIpc) is 2.72. The Hall–Kier alpha value is -3.71. The highest BCUT2D eigenvalue weighted by Crippen LogP contribution is 2.19. The molecule has 0 unspecified atom stereocenters. The summed E-state index contributed by atoms with van der Waals surface area (Å²) in [5.41, 5.74) is 2.28. The summed E-state index contributed by atoms with van der Waals surface area (Å²) in [5.74, 6) is -0.835. The first-order valence-electron chi connectivity index (χ1n) is 9.33. The van der Waals surface area contributed by atoms with Crippen LogP contribution in [0.25, 0.3) is 6.08 Å². The largest absolute Gasteiger partial charge is 0.427 e. The molecule has 0 fully saturated rings. The Morgan fingerprint density at radius 2 is 1.58 bits per heavy atom. The van der Waals surface area contributed by atoms with E-state index in [1.165, 1.54) is 19.1 Å². The summed E-state index contributed by atoms with van der Waals surface area (Å²) in [6.45, 7) is 1.29. The lowest BCUT2D eigenvalue weighted by Crippen LogP contribution is -2.13. The minimum Gasteiger partial charge on any atom is -0.427 e. The molecule has 0 aliphatic heterocycles. The normalized spacial score (nSPS) is 10.5. The molecule has 7 heteroatoms. The predicted octanol–water partition coefficient (Wildman–Crippen LogP) is 5.28. The highest BCUT2D eigenvalue weighted by Gasteiger charge is 2.09. The van der Waals surface area contributed by atoms with Crippen molar-refractivity contribution in [3.8, 4) is 5.75 Å². The Bertz CT molecular complexity index is 1160. The van der Waals surface area contributed by atoms with Gasteiger partial charge >= 0.3 is 5.97 Å². The fraction of sp³-hybridized carbons (Fsp3) is 0.0417. The number of nitrogens with one attached hydrogen (secondary N) is 2. The Balaban J connectivity index is 1.64. The summed E-state index contributed by atoms with van der Waals surface area (Å²) in [7, 11) is 0. The highest BCUT2D eigenvalue weighted by atomic mass is 79.9. The highest BCUT2D eigenvalue weighted by molar-refractivity contribution is 9.10. The molecule has 0 aliphatic carbocycles. The minimum absolute atomic E-state index is 0.290. The lowest BCUT2D eigenvalue weighted by atomic mass is 10.2. The summed E-state index contributed by atoms with van der Waals surface area (Å²) >= 11 is 3.39. The molecular formula is C24H19BrN2O4. The molecular weight excluding hydrogens is 460 g/mol. The number of halogens is 1. The van der Waals surface area contributed by atoms with E-state index in [1.807, 2.05) is 24.3 Å². The first-order chi connectivity index (χ1) is 14.9. The van der Waals surface area contributed by atoms with Crippen molar-refractivity contribution in [1.29, 1.82) is 0 Å². The van der Waals surface area contributed by atoms with E-state index in [0.717, 1.165) is 10.0 Å². The molecule has 0 bridgehead atoms. The summed E-state index contributed by atoms with van der Waals surface area (Å²) in [4.78, 5) is 35.8. The molecule has 0 saturated heterocycles. The molecule has 156 valence electrons. The maximum Gasteiger partial charge on any atom is 0.308 e. The standard InChI is InChI=1S/C24H19BrN2O4/c1-16(28)31-22-10-3-6-18(14-22)24(30)27-21-9-4-8-20(15-21)26-23(29)12-11-17-5-2-7-19(25)13-17/h2-15H,1H3,(H,26,29)(H,27,30)/b12-11+. The molecule has 3 rings (SSSR count). The Labute approximate surface area is 188 Å². The van der Waals surface area contributed by atoms with Gasteiger partial charge in [0, 0.05) is 34.4 Å². The van der Waals surface area contributed by atoms with Crippen molar-refractivity contribution in [1.82, 2.24) is 0 Å². The van der Waals surface area contributed by atoms with Crippen LogP contribution in [0.4, 0.5) is 11.4 Å². The SMILES string of the molecule is CC(=O)Oc1cccc(C(=O)Nc2cccc(NC(=O)/C=C/c3cccc(Br)c3)c2)c1. The van der Waals surface area contributed by atoms with E-state index in [-0.39, 0.29) is 11.8 Å². The van der Waals surface area contributed by atoms with Gasteiger partial charge in [-0.3, -0.25) is 14.4 Å². The number of ether oxygens (including phenoxy) is 1. The molecule has 0 aromatic heterocycles. The summed E-state index contributed by atoms with van der Waals surface area (Å²) in [6, 6.07) is 20.7. The van der Waals surface area contributed by atoms with Crippen LogP contribution in [0.1, 0.15) is 22.8 Å². The summed E-state index contributed by atoms with van der Waals surface area (Å²) in [5, 5.41) is 5.53. The van der Waals surface area contributed by atoms with Crippen LogP contribution >= 0.6 is 15.9 Å². The maximum absolute atomic E-state index is 12.5. The molecule has 0 aliphatic rings. The smallest absolute Gasteiger partial charge is 0.308 e. The number of esters is 1. The second kappa shape index (κ2) is 10.4. The van der Waals surface area contributed by atoms with Gasteiger partial charge in [0.15, 0.2) is 0 Å². The molecule has 2 amide bonds. The number of carbonyl (C=O) groups is 3. The van der Waals surface area contributed by atoms with E-state index in [4.69, 9.17) is 4.74 Å². The van der Waals surface area contributed by atoms with Gasteiger partial charge in [0.25, 0.3) is 5.91 Å². The van der Waals surface area contributed by atoms with Crippen molar-refractivity contribution >= 4 is 51.2 Å². The molecule has 0 spiro atoms. The molecule has 3 aromatic carbocycles. The second-order valence-corrected chi connectivity index (χ2v) is 7.45. The lowest BCUT2D eigenvalue weighted by Gasteiger charge is -2.09. The maximum atomic E-state index is 12.5. The monoisotopic (exact) mass is 478 g/mol. The second-order valence-electron chi connectivity index (χ2n) is 6.53. The number of hydrogen-bond donors (Lipinski definition) is 2. The summed E-state index contributed by atoms with van der Waals surface area (Å²) in [6.07, 6.45) is 3.15. The Morgan fingerprint density at radius 1 is 0.871 bits per heavy atom. The van der Waals surface area contributed by atoms with Crippen LogP contribution in [0.3, 0.4) is 0 Å². The lowest BCUT2D eigenvalue weighted by molar-refractivity contribution is -0.131. The fourth-order valence-corrected chi connectivity index (χ4v) is 3.13. The van der Waals surface area contributed by atoms with Gasteiger partial charge in [0.05, 0.1) is 0 Å². The van der Waals surface area contributed by atoms with E-state index >= 15 is 0 Å². The Morgan fingerprint density at radius 3 is 2.32 bits per heavy atom. The third-order valence-corrected chi connectivity index (χ3v) is 4.51. The van der Waals surface area contributed by atoms with E-state index in [9.17, 15) is 14.4 Å². The quantitative estimate of drug-likeness (QED) is 0.286. The number of benzene rings is 3. The van der Waals surface area contributed by atoms with E-state index < -0.39 is 5.97 Å². The van der Waals surface area contributed by atoms with Crippen LogP contribution in [0, 0.1) is 0 Å². The van der Waals surface area contributed by atoms with Gasteiger partial charge in [0.2, 0.25) is 5.91 Å². The van der Waals surface area contributed by atoms with Crippen molar-refractivity contribution < 1.29 is 19.1 Å². The zero-order chi connectivity index (χ0) is 22.2. The number of carbonyl (C=O) groups excluding carboxylic acids is 3. The van der Waals surface area contributed by atoms with Crippen molar-refractivity contribution in [3.05, 3.63) is 94.5 Å². The zero-order valence-electron chi connectivity index (χ0n) is 16.6. The third-order valence-electron chi connectivity index (χ3n) is 4.02. The van der Waals surface area contributed by atoms with E-state index in [2.05, 4.69) is 26.6 Å². The molecule has 0 saturated carbocycles. The van der Waals surface area contributed by atoms with Crippen LogP contribution < -0.4 is 15.4 Å². The van der Waals surface area contributed by atoms with Crippen molar-refractivity contribution in [2.45, 2.75) is 6.92 Å². The molecule has 2 N–H and O–H groups in total. The first-order valence-corrected chi connectivity index (χ1v) is 10.1. The van der Waals surface area contributed by atoms with Gasteiger partial charge in [0.1, 0.15) is 5.75 Å². The first kappa shape index (κ1) is 22.0. The molecule has 3 aromatic rings. The number of anilines is 2. The number of rotatable bonds is 6. The summed E-state index contributed by atoms with van der Waals surface area (Å²) < 4.78 is 5.93. The van der Waals surface area contributed by atoms with E-state index in [1.54, 1.807) is 48.5 Å². The van der Waals surface area contributed by atoms with Crippen LogP contribution in [0.2, 0.25) is 0 Å². The van der Waals surface area contributed by atoms with Crippen molar-refractivity contribution in [2.75, 3.05) is 10.6 Å². The molecule has 6 nitrogen and oxygen atoms in total. The number of hydrogen-bond acceptors (Lipinski definition) is 4. The van der Waals surface area contributed by atoms with Crippen LogP contribution in [-0.2, 0) is 9.59 Å². The molecule has 0 atom stereocenters. The predicted molar refractivity (Wildman–Crippen MR) is 124 cm³/mol. The third kappa shape index (κ3) is 6.94. The van der Waals surface area contributed by atoms with E-state index in [0.29, 0.717) is 22.7 Å². The van der Waals surface area contributed by atoms with Gasteiger partial charge in [-0.1, -0.05) is 40.2 Å². The average molecular weight is 479 g/mol. The van der Waals surface area contributed by atoms with Crippen LogP contribution in [-0.4, -0.2) is 17.8 Å². The molecule has 31 heavy (non-hydrogen) atoms. The molecule has 0 radical (unpaired) electrons. The number of amides is 2. The minimum atomic E-state index is -0.463. The zero-order valence-corrected chi connectivity index (χ0v) is 18.2. The molecule has 0 heterocycles. The van der Waals surface area contributed by atoms with Crippen molar-refractivity contribution in [2.24, 2.45) is 0 Å². The fourth-order valence-electron chi connectivity index (χ4n) is 2.71. The Kier molecular flexibility index (Phi) is 7.35.